The minimum Gasteiger partial charge on any atom is -0.309 e. The Labute approximate surface area is 122 Å². The molecule has 1 unspecified atom stereocenters. The fourth-order valence-electron chi connectivity index (χ4n) is 2.64. The summed E-state index contributed by atoms with van der Waals surface area (Å²) in [6, 6.07) is 9.12. The van der Waals surface area contributed by atoms with Gasteiger partial charge in [0.15, 0.2) is 0 Å². The van der Waals surface area contributed by atoms with E-state index in [9.17, 15) is 0 Å². The molecule has 108 valence electrons. The van der Waals surface area contributed by atoms with Crippen molar-refractivity contribution in [3.8, 4) is 0 Å². The first-order valence-electron chi connectivity index (χ1n) is 7.36. The van der Waals surface area contributed by atoms with Crippen LogP contribution in [0.5, 0.6) is 0 Å². The second-order valence-electron chi connectivity index (χ2n) is 5.60. The number of benzene rings is 1. The van der Waals surface area contributed by atoms with Gasteiger partial charge in [0.25, 0.3) is 0 Å². The minimum atomic E-state index is 0.208. The number of aryl methyl sites for hydroxylation is 2. The summed E-state index contributed by atoms with van der Waals surface area (Å²) in [5.41, 5.74) is 5.11. The van der Waals surface area contributed by atoms with Crippen molar-refractivity contribution in [1.29, 1.82) is 0 Å². The highest BCUT2D eigenvalue weighted by molar-refractivity contribution is 5.35. The maximum atomic E-state index is 4.55. The molecule has 0 saturated heterocycles. The third-order valence-electron chi connectivity index (χ3n) is 3.81. The molecular weight excluding hydrogens is 246 g/mol. The number of aromatic nitrogens is 2. The molecule has 1 N–H and O–H groups in total. The van der Waals surface area contributed by atoms with E-state index in [-0.39, 0.29) is 6.04 Å². The van der Waals surface area contributed by atoms with Crippen LogP contribution in [-0.4, -0.2) is 16.8 Å². The summed E-state index contributed by atoms with van der Waals surface area (Å²) < 4.78 is 1.90. The van der Waals surface area contributed by atoms with Gasteiger partial charge in [-0.3, -0.25) is 4.68 Å². The van der Waals surface area contributed by atoms with Gasteiger partial charge in [0, 0.05) is 18.8 Å². The van der Waals surface area contributed by atoms with Crippen molar-refractivity contribution in [2.45, 2.75) is 39.2 Å². The molecular formula is C17H25N3. The van der Waals surface area contributed by atoms with Gasteiger partial charge in [-0.05, 0) is 30.5 Å². The number of hydrogen-bond donors (Lipinski definition) is 1. The summed E-state index contributed by atoms with van der Waals surface area (Å²) in [4.78, 5) is 0. The average molecular weight is 271 g/mol. The van der Waals surface area contributed by atoms with Gasteiger partial charge in [-0.15, -0.1) is 0 Å². The van der Waals surface area contributed by atoms with E-state index in [1.165, 1.54) is 22.4 Å². The Balaban J connectivity index is 2.36. The number of nitrogens with one attached hydrogen (secondary N) is 1. The quantitative estimate of drug-likeness (QED) is 0.903. The first-order chi connectivity index (χ1) is 9.56. The van der Waals surface area contributed by atoms with Crippen molar-refractivity contribution < 1.29 is 0 Å². The van der Waals surface area contributed by atoms with Gasteiger partial charge in [0.2, 0.25) is 0 Å². The minimum absolute atomic E-state index is 0.208. The lowest BCUT2D eigenvalue weighted by Gasteiger charge is -2.17. The molecule has 0 amide bonds. The van der Waals surface area contributed by atoms with Crippen LogP contribution in [0.2, 0.25) is 0 Å². The van der Waals surface area contributed by atoms with Gasteiger partial charge in [0.05, 0.1) is 11.7 Å². The molecule has 1 atom stereocenters. The summed E-state index contributed by atoms with van der Waals surface area (Å²) in [6.45, 7) is 6.60. The van der Waals surface area contributed by atoms with E-state index in [4.69, 9.17) is 0 Å². The lowest BCUT2D eigenvalue weighted by molar-refractivity contribution is 0.683. The van der Waals surface area contributed by atoms with Crippen LogP contribution in [0.1, 0.15) is 55.1 Å². The van der Waals surface area contributed by atoms with Gasteiger partial charge in [-0.1, -0.05) is 45.0 Å². The normalized spacial score (nSPS) is 12.9. The molecule has 2 aromatic rings. The van der Waals surface area contributed by atoms with Crippen LogP contribution >= 0.6 is 0 Å². The Bertz CT molecular complexity index is 552. The van der Waals surface area contributed by atoms with Gasteiger partial charge >= 0.3 is 0 Å². The molecule has 1 aromatic carbocycles. The lowest BCUT2D eigenvalue weighted by Crippen LogP contribution is -2.18. The van der Waals surface area contributed by atoms with Gasteiger partial charge in [0.1, 0.15) is 0 Å². The number of nitrogens with zero attached hydrogens (tertiary/aromatic N) is 2. The van der Waals surface area contributed by atoms with Crippen LogP contribution in [0.15, 0.2) is 30.5 Å². The summed E-state index contributed by atoms with van der Waals surface area (Å²) in [7, 11) is 3.99. The number of hydrogen-bond acceptors (Lipinski definition) is 2. The molecule has 0 aliphatic carbocycles. The van der Waals surface area contributed by atoms with E-state index in [0.717, 1.165) is 6.42 Å². The van der Waals surface area contributed by atoms with Crippen LogP contribution in [0, 0.1) is 0 Å². The second-order valence-corrected chi connectivity index (χ2v) is 5.60. The summed E-state index contributed by atoms with van der Waals surface area (Å²) in [5.74, 6) is 0.571. The average Bonchev–Trinajstić information content (AvgIpc) is 2.81. The molecule has 0 aliphatic heterocycles. The van der Waals surface area contributed by atoms with Gasteiger partial charge in [-0.2, -0.15) is 5.10 Å². The van der Waals surface area contributed by atoms with E-state index in [0.29, 0.717) is 5.92 Å². The monoisotopic (exact) mass is 271 g/mol. The fraction of sp³-hybridized carbons (Fsp3) is 0.471. The standard InChI is InChI=1S/C17H25N3/c1-6-16-15(11-20(5)19-16)17(18-4)14-9-7-13(8-10-14)12(2)3/h7-12,17-18H,6H2,1-5H3. The Hall–Kier alpha value is -1.61. The van der Waals surface area contributed by atoms with Crippen molar-refractivity contribution in [2.24, 2.45) is 7.05 Å². The van der Waals surface area contributed by atoms with Crippen LogP contribution in [-0.2, 0) is 13.5 Å². The Morgan fingerprint density at radius 3 is 2.25 bits per heavy atom. The van der Waals surface area contributed by atoms with Crippen molar-refractivity contribution in [3.05, 3.63) is 52.8 Å². The zero-order valence-electron chi connectivity index (χ0n) is 13.1. The Kier molecular flexibility index (Phi) is 4.61. The predicted molar refractivity (Wildman–Crippen MR) is 84.0 cm³/mol. The molecule has 1 aromatic heterocycles. The van der Waals surface area contributed by atoms with E-state index in [1.807, 2.05) is 18.8 Å². The van der Waals surface area contributed by atoms with Crippen LogP contribution in [0.4, 0.5) is 0 Å². The second kappa shape index (κ2) is 6.23. The fourth-order valence-corrected chi connectivity index (χ4v) is 2.64. The summed E-state index contributed by atoms with van der Waals surface area (Å²) in [5, 5.41) is 7.96. The van der Waals surface area contributed by atoms with Gasteiger partial charge in [-0.25, -0.2) is 0 Å². The number of rotatable bonds is 5. The topological polar surface area (TPSA) is 29.9 Å². The van der Waals surface area contributed by atoms with E-state index >= 15 is 0 Å². The molecule has 2 rings (SSSR count). The van der Waals surface area contributed by atoms with E-state index in [1.54, 1.807) is 0 Å². The smallest absolute Gasteiger partial charge is 0.0673 e. The highest BCUT2D eigenvalue weighted by Crippen LogP contribution is 2.26. The maximum Gasteiger partial charge on any atom is 0.0673 e. The summed E-state index contributed by atoms with van der Waals surface area (Å²) >= 11 is 0. The maximum absolute atomic E-state index is 4.55. The molecule has 0 spiro atoms. The van der Waals surface area contributed by atoms with Crippen molar-refractivity contribution in [2.75, 3.05) is 7.05 Å². The van der Waals surface area contributed by atoms with Crippen molar-refractivity contribution in [3.63, 3.8) is 0 Å². The molecule has 3 heteroatoms. The molecule has 0 aliphatic rings. The molecule has 3 nitrogen and oxygen atoms in total. The summed E-state index contributed by atoms with van der Waals surface area (Å²) in [6.07, 6.45) is 3.08. The largest absolute Gasteiger partial charge is 0.309 e. The van der Waals surface area contributed by atoms with Crippen molar-refractivity contribution >= 4 is 0 Å². The third-order valence-corrected chi connectivity index (χ3v) is 3.81. The predicted octanol–water partition coefficient (Wildman–Crippen LogP) is 3.41. The molecule has 0 fully saturated rings. The van der Waals surface area contributed by atoms with Crippen LogP contribution in [0.25, 0.3) is 0 Å². The Morgan fingerprint density at radius 1 is 1.15 bits per heavy atom. The molecule has 0 radical (unpaired) electrons. The molecule has 20 heavy (non-hydrogen) atoms. The van der Waals surface area contributed by atoms with E-state index < -0.39 is 0 Å². The van der Waals surface area contributed by atoms with E-state index in [2.05, 4.69) is 61.6 Å². The zero-order chi connectivity index (χ0) is 14.7. The molecule has 0 saturated carbocycles. The molecule has 0 bridgehead atoms. The molecule has 1 heterocycles. The first kappa shape index (κ1) is 14.8. The van der Waals surface area contributed by atoms with Crippen LogP contribution in [0.3, 0.4) is 0 Å². The van der Waals surface area contributed by atoms with Crippen LogP contribution < -0.4 is 5.32 Å². The van der Waals surface area contributed by atoms with Gasteiger partial charge < -0.3 is 5.32 Å². The highest BCUT2D eigenvalue weighted by Gasteiger charge is 2.18. The first-order valence-corrected chi connectivity index (χ1v) is 7.36. The Morgan fingerprint density at radius 2 is 1.75 bits per heavy atom. The SMILES string of the molecule is CCc1nn(C)cc1C(NC)c1ccc(C(C)C)cc1. The van der Waals surface area contributed by atoms with Crippen molar-refractivity contribution in [1.82, 2.24) is 15.1 Å². The lowest BCUT2D eigenvalue weighted by atomic mass is 9.95. The highest BCUT2D eigenvalue weighted by atomic mass is 15.3. The third kappa shape index (κ3) is 2.93. The zero-order valence-corrected chi connectivity index (χ0v) is 13.1.